The standard InChI is InChI=1S/C22H23NO5S/c1-13(21(26)23-11-5-8-18(23)22(27)28)20(29-14(2)24)19(25)17-10-9-15-6-3-4-7-16(15)12-17/h3-4,6-7,9-10,12-13,18,20H,5,8,11H2,1-2H3,(H,27,28)/t13?,18-,20?/m0/s1. The number of carbonyl (C=O) groups is 4. The fourth-order valence-corrected chi connectivity index (χ4v) is 4.67. The number of hydrogen-bond donors (Lipinski definition) is 1. The molecular weight excluding hydrogens is 390 g/mol. The zero-order chi connectivity index (χ0) is 21.1. The molecule has 1 heterocycles. The molecule has 1 saturated heterocycles. The summed E-state index contributed by atoms with van der Waals surface area (Å²) in [5.74, 6) is -2.56. The Labute approximate surface area is 173 Å². The summed E-state index contributed by atoms with van der Waals surface area (Å²) in [6.07, 6.45) is 1.01. The normalized spacial score (nSPS) is 18.4. The second kappa shape index (κ2) is 8.78. The van der Waals surface area contributed by atoms with Crippen molar-refractivity contribution in [2.75, 3.05) is 6.54 Å². The Morgan fingerprint density at radius 3 is 2.45 bits per heavy atom. The summed E-state index contributed by atoms with van der Waals surface area (Å²) in [6, 6.07) is 12.1. The Morgan fingerprint density at radius 2 is 1.79 bits per heavy atom. The zero-order valence-corrected chi connectivity index (χ0v) is 17.1. The Hall–Kier alpha value is -2.67. The van der Waals surface area contributed by atoms with Gasteiger partial charge in [0.05, 0.1) is 11.2 Å². The van der Waals surface area contributed by atoms with Crippen LogP contribution in [0.15, 0.2) is 42.5 Å². The minimum absolute atomic E-state index is 0.264. The van der Waals surface area contributed by atoms with E-state index in [2.05, 4.69) is 0 Å². The van der Waals surface area contributed by atoms with Crippen molar-refractivity contribution in [3.63, 3.8) is 0 Å². The van der Waals surface area contributed by atoms with E-state index in [0.29, 0.717) is 24.9 Å². The number of fused-ring (bicyclic) bond motifs is 1. The maximum Gasteiger partial charge on any atom is 0.326 e. The van der Waals surface area contributed by atoms with E-state index in [1.165, 1.54) is 11.8 Å². The lowest BCUT2D eigenvalue weighted by Gasteiger charge is -2.28. The van der Waals surface area contributed by atoms with Gasteiger partial charge in [-0.25, -0.2) is 4.79 Å². The fraction of sp³-hybridized carbons (Fsp3) is 0.364. The molecule has 2 aromatic carbocycles. The second-order valence-corrected chi connectivity index (χ2v) is 8.59. The van der Waals surface area contributed by atoms with Crippen molar-refractivity contribution >= 4 is 45.3 Å². The predicted molar refractivity (Wildman–Crippen MR) is 112 cm³/mol. The highest BCUT2D eigenvalue weighted by Crippen LogP contribution is 2.30. The Morgan fingerprint density at radius 1 is 1.10 bits per heavy atom. The van der Waals surface area contributed by atoms with Crippen LogP contribution in [-0.2, 0) is 14.4 Å². The molecule has 29 heavy (non-hydrogen) atoms. The molecule has 1 N–H and O–H groups in total. The lowest BCUT2D eigenvalue weighted by atomic mass is 9.96. The number of benzene rings is 2. The summed E-state index contributed by atoms with van der Waals surface area (Å²) in [7, 11) is 0. The average molecular weight is 413 g/mol. The van der Waals surface area contributed by atoms with Crippen molar-refractivity contribution in [1.29, 1.82) is 0 Å². The van der Waals surface area contributed by atoms with Crippen molar-refractivity contribution in [2.24, 2.45) is 5.92 Å². The number of Topliss-reactive ketones (excluding diaryl/α,β-unsaturated/α-hetero) is 1. The van der Waals surface area contributed by atoms with Gasteiger partial charge in [0, 0.05) is 19.0 Å². The zero-order valence-electron chi connectivity index (χ0n) is 16.3. The van der Waals surface area contributed by atoms with Gasteiger partial charge in [-0.1, -0.05) is 55.1 Å². The highest BCUT2D eigenvalue weighted by atomic mass is 32.2. The third kappa shape index (κ3) is 4.50. The largest absolute Gasteiger partial charge is 0.480 e. The topological polar surface area (TPSA) is 91.8 Å². The molecule has 6 nitrogen and oxygen atoms in total. The van der Waals surface area contributed by atoms with Gasteiger partial charge in [0.1, 0.15) is 6.04 Å². The highest BCUT2D eigenvalue weighted by Gasteiger charge is 2.40. The van der Waals surface area contributed by atoms with Crippen molar-refractivity contribution in [3.8, 4) is 0 Å². The summed E-state index contributed by atoms with van der Waals surface area (Å²) in [5, 5.41) is 10.1. The molecule has 152 valence electrons. The SMILES string of the molecule is CC(=O)SC(C(=O)c1ccc2ccccc2c1)C(C)C(=O)N1CCC[C@H]1C(=O)O. The Bertz CT molecular complexity index is 973. The molecule has 0 aromatic heterocycles. The van der Waals surface area contributed by atoms with E-state index in [4.69, 9.17) is 0 Å². The number of nitrogens with zero attached hydrogens (tertiary/aromatic N) is 1. The predicted octanol–water partition coefficient (Wildman–Crippen LogP) is 3.38. The maximum absolute atomic E-state index is 13.2. The van der Waals surface area contributed by atoms with Gasteiger partial charge in [-0.2, -0.15) is 0 Å². The van der Waals surface area contributed by atoms with Crippen molar-refractivity contribution < 1.29 is 24.3 Å². The first-order chi connectivity index (χ1) is 13.8. The second-order valence-electron chi connectivity index (χ2n) is 7.27. The number of aliphatic carboxylic acids is 1. The van der Waals surface area contributed by atoms with Crippen LogP contribution in [0.4, 0.5) is 0 Å². The monoisotopic (exact) mass is 413 g/mol. The summed E-state index contributed by atoms with van der Waals surface area (Å²) in [6.45, 7) is 3.30. The van der Waals surface area contributed by atoms with Crippen LogP contribution in [-0.4, -0.2) is 50.6 Å². The molecule has 3 atom stereocenters. The molecule has 0 aliphatic carbocycles. The van der Waals surface area contributed by atoms with Gasteiger partial charge < -0.3 is 10.0 Å². The van der Waals surface area contributed by atoms with Gasteiger partial charge in [0.2, 0.25) is 5.91 Å². The molecular formula is C22H23NO5S. The van der Waals surface area contributed by atoms with Crippen molar-refractivity contribution in [2.45, 2.75) is 38.0 Å². The molecule has 1 aliphatic heterocycles. The van der Waals surface area contributed by atoms with Crippen molar-refractivity contribution in [1.82, 2.24) is 4.90 Å². The number of carboxylic acid groups (broad SMARTS) is 1. The van der Waals surface area contributed by atoms with E-state index in [9.17, 15) is 24.3 Å². The third-order valence-corrected chi connectivity index (χ3v) is 6.46. The molecule has 2 aromatic rings. The first-order valence-corrected chi connectivity index (χ1v) is 10.4. The van der Waals surface area contributed by atoms with Gasteiger partial charge in [0.15, 0.2) is 10.9 Å². The number of carbonyl (C=O) groups excluding carboxylic acids is 3. The van der Waals surface area contributed by atoms with Crippen LogP contribution in [0.25, 0.3) is 10.8 Å². The number of carboxylic acids is 1. The van der Waals surface area contributed by atoms with E-state index in [1.807, 2.05) is 30.3 Å². The number of rotatable bonds is 6. The Kier molecular flexibility index (Phi) is 6.37. The summed E-state index contributed by atoms with van der Waals surface area (Å²) >= 11 is 0.829. The van der Waals surface area contributed by atoms with Crippen LogP contribution in [0.1, 0.15) is 37.0 Å². The lowest BCUT2D eigenvalue weighted by Crippen LogP contribution is -2.46. The summed E-state index contributed by atoms with van der Waals surface area (Å²) in [5.41, 5.74) is 0.429. The molecule has 7 heteroatoms. The number of likely N-dealkylation sites (tertiary alicyclic amines) is 1. The van der Waals surface area contributed by atoms with Crippen LogP contribution in [0, 0.1) is 5.92 Å². The van der Waals surface area contributed by atoms with Gasteiger partial charge in [0.25, 0.3) is 0 Å². The van der Waals surface area contributed by atoms with Crippen LogP contribution in [0.2, 0.25) is 0 Å². The molecule has 0 bridgehead atoms. The van der Waals surface area contributed by atoms with Gasteiger partial charge in [-0.15, -0.1) is 0 Å². The highest BCUT2D eigenvalue weighted by molar-refractivity contribution is 8.14. The first-order valence-electron chi connectivity index (χ1n) is 9.53. The van der Waals surface area contributed by atoms with E-state index >= 15 is 0 Å². The molecule has 2 unspecified atom stereocenters. The van der Waals surface area contributed by atoms with Crippen LogP contribution in [0.3, 0.4) is 0 Å². The van der Waals surface area contributed by atoms with Gasteiger partial charge in [-0.05, 0) is 29.7 Å². The molecule has 0 radical (unpaired) electrons. The first kappa shape index (κ1) is 21.0. The molecule has 1 fully saturated rings. The Balaban J connectivity index is 1.89. The minimum Gasteiger partial charge on any atom is -0.480 e. The third-order valence-electron chi connectivity index (χ3n) is 5.25. The average Bonchev–Trinajstić information content (AvgIpc) is 3.20. The number of amides is 1. The molecule has 0 saturated carbocycles. The van der Waals surface area contributed by atoms with E-state index < -0.39 is 29.1 Å². The maximum atomic E-state index is 13.2. The van der Waals surface area contributed by atoms with E-state index in [0.717, 1.165) is 22.5 Å². The van der Waals surface area contributed by atoms with E-state index in [1.54, 1.807) is 19.1 Å². The quantitative estimate of drug-likeness (QED) is 0.730. The summed E-state index contributed by atoms with van der Waals surface area (Å²) in [4.78, 5) is 50.8. The van der Waals surface area contributed by atoms with Crippen LogP contribution < -0.4 is 0 Å². The fourth-order valence-electron chi connectivity index (χ4n) is 3.75. The molecule has 3 rings (SSSR count). The van der Waals surface area contributed by atoms with Crippen LogP contribution in [0.5, 0.6) is 0 Å². The molecule has 1 amide bonds. The number of thioether (sulfide) groups is 1. The number of ketones is 1. The van der Waals surface area contributed by atoms with Crippen molar-refractivity contribution in [3.05, 3.63) is 48.0 Å². The lowest BCUT2D eigenvalue weighted by molar-refractivity contribution is -0.149. The van der Waals surface area contributed by atoms with Crippen LogP contribution >= 0.6 is 11.8 Å². The van der Waals surface area contributed by atoms with Gasteiger partial charge in [-0.3, -0.25) is 14.4 Å². The minimum atomic E-state index is -1.04. The summed E-state index contributed by atoms with van der Waals surface area (Å²) < 4.78 is 0. The van der Waals surface area contributed by atoms with E-state index in [-0.39, 0.29) is 10.9 Å². The molecule has 1 aliphatic rings. The number of hydrogen-bond acceptors (Lipinski definition) is 5. The smallest absolute Gasteiger partial charge is 0.326 e. The molecule has 0 spiro atoms. The van der Waals surface area contributed by atoms with Gasteiger partial charge >= 0.3 is 5.97 Å².